The monoisotopic (exact) mass is 461 g/mol. The topological polar surface area (TPSA) is 87.7 Å². The molecule has 0 radical (unpaired) electrons. The molecule has 5 atom stereocenters. The summed E-state index contributed by atoms with van der Waals surface area (Å²) in [5.74, 6) is 0.728. The molecular weight excluding hydrogens is 430 g/mol. The van der Waals surface area contributed by atoms with Gasteiger partial charge >= 0.3 is 0 Å². The molecule has 2 N–H and O–H groups in total. The van der Waals surface area contributed by atoms with E-state index in [1.807, 2.05) is 50.0 Å². The average Bonchev–Trinajstić information content (AvgIpc) is 3.26. The molecule has 6 heterocycles. The van der Waals surface area contributed by atoms with Gasteiger partial charge in [-0.3, -0.25) is 14.4 Å². The number of amides is 3. The molecule has 5 fully saturated rings. The van der Waals surface area contributed by atoms with Gasteiger partial charge in [-0.1, -0.05) is 26.8 Å². The van der Waals surface area contributed by atoms with Gasteiger partial charge in [0.2, 0.25) is 17.7 Å². The van der Waals surface area contributed by atoms with Crippen LogP contribution in [-0.2, 0) is 19.8 Å². The first kappa shape index (κ1) is 20.5. The lowest BCUT2D eigenvalue weighted by atomic mass is 9.57. The number of nitrogens with one attached hydrogen (secondary N) is 2. The highest BCUT2D eigenvalue weighted by Crippen LogP contribution is 2.70. The van der Waals surface area contributed by atoms with Crippen molar-refractivity contribution in [3.63, 3.8) is 0 Å². The van der Waals surface area contributed by atoms with Gasteiger partial charge < -0.3 is 20.3 Å². The van der Waals surface area contributed by atoms with E-state index in [-0.39, 0.29) is 29.6 Å². The lowest BCUT2D eigenvalue weighted by Gasteiger charge is -2.60. The van der Waals surface area contributed by atoms with Crippen molar-refractivity contribution in [2.75, 3.05) is 11.9 Å². The molecule has 1 aromatic carbocycles. The average molecular weight is 462 g/mol. The van der Waals surface area contributed by atoms with E-state index in [1.54, 1.807) is 0 Å². The zero-order valence-corrected chi connectivity index (χ0v) is 20.4. The lowest BCUT2D eigenvalue weighted by molar-refractivity contribution is -0.164. The van der Waals surface area contributed by atoms with Crippen LogP contribution >= 0.6 is 0 Å². The van der Waals surface area contributed by atoms with E-state index in [4.69, 9.17) is 4.74 Å². The maximum Gasteiger partial charge on any atom is 0.246 e. The van der Waals surface area contributed by atoms with Crippen LogP contribution in [0, 0.1) is 17.3 Å². The van der Waals surface area contributed by atoms with Crippen LogP contribution in [-0.4, -0.2) is 45.8 Å². The highest BCUT2D eigenvalue weighted by atomic mass is 16.5. The van der Waals surface area contributed by atoms with E-state index >= 15 is 0 Å². The second-order valence-corrected chi connectivity index (χ2v) is 12.6. The van der Waals surface area contributed by atoms with Crippen LogP contribution in [0.3, 0.4) is 0 Å². The summed E-state index contributed by atoms with van der Waals surface area (Å²) in [6.07, 6.45) is 5.74. The van der Waals surface area contributed by atoms with Gasteiger partial charge in [0.25, 0.3) is 0 Å². The van der Waals surface area contributed by atoms with Gasteiger partial charge in [-0.25, -0.2) is 0 Å². The third kappa shape index (κ3) is 1.98. The van der Waals surface area contributed by atoms with Crippen LogP contribution < -0.4 is 15.4 Å². The summed E-state index contributed by atoms with van der Waals surface area (Å²) in [4.78, 5) is 42.3. The minimum atomic E-state index is -0.796. The summed E-state index contributed by atoms with van der Waals surface area (Å²) >= 11 is 0. The van der Waals surface area contributed by atoms with Crippen molar-refractivity contribution in [1.82, 2.24) is 10.2 Å². The van der Waals surface area contributed by atoms with E-state index in [0.29, 0.717) is 25.8 Å². The molecule has 178 valence electrons. The van der Waals surface area contributed by atoms with Gasteiger partial charge in [-0.2, -0.15) is 0 Å². The third-order valence-electron chi connectivity index (χ3n) is 10.1. The fraction of sp³-hybridized carbons (Fsp3) is 0.593. The van der Waals surface area contributed by atoms with Crippen LogP contribution in [0.15, 0.2) is 18.2 Å². The fourth-order valence-corrected chi connectivity index (χ4v) is 8.58. The minimum Gasteiger partial charge on any atom is -0.483 e. The molecule has 7 heteroatoms. The quantitative estimate of drug-likeness (QED) is 0.622. The van der Waals surface area contributed by atoms with Crippen molar-refractivity contribution in [1.29, 1.82) is 0 Å². The number of piperidine rings is 2. The highest BCUT2D eigenvalue weighted by molar-refractivity contribution is 6.10. The number of fused-ring (bicyclic) bond motifs is 5. The number of carbonyl (C=O) groups excluding carboxylic acids is 3. The second-order valence-electron chi connectivity index (χ2n) is 12.6. The summed E-state index contributed by atoms with van der Waals surface area (Å²) in [6, 6.07) is 4.02. The molecule has 1 aliphatic carbocycles. The number of anilines is 1. The molecule has 7 nitrogen and oxygen atoms in total. The van der Waals surface area contributed by atoms with Crippen molar-refractivity contribution < 1.29 is 19.1 Å². The number of carbonyl (C=O) groups is 3. The van der Waals surface area contributed by atoms with Gasteiger partial charge in [-0.15, -0.1) is 0 Å². The first-order valence-electron chi connectivity index (χ1n) is 12.4. The van der Waals surface area contributed by atoms with Crippen LogP contribution in [0.5, 0.6) is 5.75 Å². The van der Waals surface area contributed by atoms with Crippen LogP contribution in [0.25, 0.3) is 6.08 Å². The van der Waals surface area contributed by atoms with E-state index in [9.17, 15) is 14.4 Å². The Hall–Kier alpha value is -2.83. The van der Waals surface area contributed by atoms with E-state index in [0.717, 1.165) is 22.6 Å². The van der Waals surface area contributed by atoms with Gasteiger partial charge in [-0.05, 0) is 68.2 Å². The molecule has 1 saturated carbocycles. The first-order chi connectivity index (χ1) is 15.9. The lowest BCUT2D eigenvalue weighted by Crippen LogP contribution is -2.79. The Labute approximate surface area is 199 Å². The largest absolute Gasteiger partial charge is 0.483 e. The Bertz CT molecular complexity index is 1260. The Morgan fingerprint density at radius 2 is 1.82 bits per heavy atom. The van der Waals surface area contributed by atoms with Gasteiger partial charge in [0, 0.05) is 18.0 Å². The van der Waals surface area contributed by atoms with Crippen LogP contribution in [0.2, 0.25) is 0 Å². The van der Waals surface area contributed by atoms with Crippen LogP contribution in [0.4, 0.5) is 5.69 Å². The van der Waals surface area contributed by atoms with Crippen molar-refractivity contribution in [2.45, 2.75) is 76.0 Å². The summed E-state index contributed by atoms with van der Waals surface area (Å²) in [7, 11) is 0. The summed E-state index contributed by atoms with van der Waals surface area (Å²) in [5.41, 5.74) is -0.295. The predicted molar refractivity (Wildman–Crippen MR) is 126 cm³/mol. The Morgan fingerprint density at radius 1 is 1.06 bits per heavy atom. The maximum absolute atomic E-state index is 14.0. The number of hydrogen-bond acceptors (Lipinski definition) is 4. The molecule has 7 aliphatic rings. The molecule has 8 rings (SSSR count). The fourth-order valence-electron chi connectivity index (χ4n) is 8.58. The second kappa shape index (κ2) is 5.52. The maximum atomic E-state index is 14.0. The summed E-state index contributed by atoms with van der Waals surface area (Å²) in [5, 5.41) is 6.59. The number of rotatable bonds is 0. The normalized spacial score (nSPS) is 41.6. The highest BCUT2D eigenvalue weighted by Gasteiger charge is 2.79. The Morgan fingerprint density at radius 3 is 2.59 bits per heavy atom. The number of benzene rings is 1. The molecule has 4 saturated heterocycles. The minimum absolute atomic E-state index is 0.0158. The van der Waals surface area contributed by atoms with Crippen molar-refractivity contribution >= 4 is 29.5 Å². The molecule has 0 unspecified atom stereocenters. The molecule has 3 amide bonds. The van der Waals surface area contributed by atoms with E-state index in [1.165, 1.54) is 0 Å². The number of hydrogen-bond donors (Lipinski definition) is 2. The molecule has 34 heavy (non-hydrogen) atoms. The van der Waals surface area contributed by atoms with Crippen molar-refractivity contribution in [3.05, 3.63) is 29.3 Å². The standard InChI is InChI=1S/C27H31N3O4/c1-14-10-26-11-18-24(4,5)27(12-25(18,29-21(26)32)13-30(26)20(14)31)16-6-7-17-15(19(16)28-22(27)33)8-9-23(2,3)34-17/h6-9,14,18H,10-13H2,1-5H3,(H,28,33)(H,29,32)/t14-,18+,25-,26+,27-/m1/s1. The molecule has 2 bridgehead atoms. The van der Waals surface area contributed by atoms with Gasteiger partial charge in [0.15, 0.2) is 0 Å². The zero-order valence-electron chi connectivity index (χ0n) is 20.4. The van der Waals surface area contributed by atoms with Crippen molar-refractivity contribution in [2.24, 2.45) is 17.3 Å². The first-order valence-corrected chi connectivity index (χ1v) is 12.4. The number of nitrogens with zero attached hydrogens (tertiary/aromatic N) is 1. The Kier molecular flexibility index (Phi) is 3.34. The SMILES string of the molecule is C[C@@H]1C[C@@]23C[C@H]4C(C)(C)[C@@]5(C[C@]4(CN2C1=O)NC3=O)C(=O)Nc1c5ccc2c1C=CC(C)(C)O2. The molecular formula is C27H31N3O4. The molecule has 0 aromatic heterocycles. The molecule has 3 spiro atoms. The van der Waals surface area contributed by atoms with Gasteiger partial charge in [0.05, 0.1) is 16.6 Å². The number of ether oxygens (including phenoxy) is 1. The van der Waals surface area contributed by atoms with Crippen molar-refractivity contribution in [3.8, 4) is 5.75 Å². The zero-order chi connectivity index (χ0) is 24.1. The molecule has 1 aromatic rings. The summed E-state index contributed by atoms with van der Waals surface area (Å²) in [6.45, 7) is 10.8. The predicted octanol–water partition coefficient (Wildman–Crippen LogP) is 2.99. The van der Waals surface area contributed by atoms with Gasteiger partial charge in [0.1, 0.15) is 16.9 Å². The summed E-state index contributed by atoms with van der Waals surface area (Å²) < 4.78 is 6.17. The third-order valence-corrected chi connectivity index (χ3v) is 10.1. The number of piperazine rings is 1. The molecule has 6 aliphatic heterocycles. The van der Waals surface area contributed by atoms with Crippen LogP contribution in [0.1, 0.15) is 65.0 Å². The van der Waals surface area contributed by atoms with E-state index < -0.39 is 27.5 Å². The smallest absolute Gasteiger partial charge is 0.246 e. The Balaban J connectivity index is 1.40. The van der Waals surface area contributed by atoms with E-state index in [2.05, 4.69) is 24.5 Å².